The van der Waals surface area contributed by atoms with Gasteiger partial charge in [-0.15, -0.1) is 0 Å². The van der Waals surface area contributed by atoms with Crippen molar-refractivity contribution in [3.8, 4) is 27.9 Å². The van der Waals surface area contributed by atoms with Gasteiger partial charge >= 0.3 is 0 Å². The summed E-state index contributed by atoms with van der Waals surface area (Å²) in [7, 11) is 0. The Morgan fingerprint density at radius 3 is 1.84 bits per heavy atom. The van der Waals surface area contributed by atoms with Crippen LogP contribution in [0.5, 0.6) is 0 Å². The molecule has 0 unspecified atom stereocenters. The van der Waals surface area contributed by atoms with Crippen molar-refractivity contribution in [1.29, 1.82) is 0 Å². The zero-order chi connectivity index (χ0) is 48.8. The van der Waals surface area contributed by atoms with Crippen molar-refractivity contribution < 1.29 is 5.48 Å². The quantitative estimate of drug-likeness (QED) is 0.151. The van der Waals surface area contributed by atoms with E-state index in [1.165, 1.54) is 22.3 Å². The molecule has 68 heavy (non-hydrogen) atoms. The van der Waals surface area contributed by atoms with Crippen molar-refractivity contribution in [2.45, 2.75) is 19.3 Å². The standard InChI is InChI=1S/C65H47N3/c1-65(2)60-25-13-11-23-56(60)57-38-36-54(43-61(57)65)67(62-27-15-17-45-16-9-10-22-55(45)62)52-35-32-47-40-46(28-29-48(47)41-52)44-30-33-51(34-31-44)66(49-18-5-3-6-19-49)53-37-39-64-59(42-53)58-24-12-14-26-63(58)68(64)50-20-7-4-8-21-50/h3-43H,1-2H3/i30D,31D,33D,34D. The first-order chi connectivity index (χ1) is 35.2. The van der Waals surface area contributed by atoms with Crippen LogP contribution in [0.15, 0.2) is 249 Å². The molecule has 0 radical (unpaired) electrons. The number of benzene rings is 11. The lowest BCUT2D eigenvalue weighted by Gasteiger charge is -2.29. The number of rotatable bonds is 8. The van der Waals surface area contributed by atoms with E-state index in [4.69, 9.17) is 0 Å². The van der Waals surface area contributed by atoms with E-state index in [1.54, 1.807) is 0 Å². The van der Waals surface area contributed by atoms with E-state index >= 15 is 0 Å². The van der Waals surface area contributed by atoms with Gasteiger partial charge in [0.2, 0.25) is 0 Å². The van der Waals surface area contributed by atoms with Crippen LogP contribution in [-0.2, 0) is 5.41 Å². The minimum Gasteiger partial charge on any atom is -0.310 e. The predicted molar refractivity (Wildman–Crippen MR) is 288 cm³/mol. The molecule has 0 fully saturated rings. The molecule has 1 aliphatic carbocycles. The summed E-state index contributed by atoms with van der Waals surface area (Å²) in [6, 6.07) is 77.1. The second-order valence-electron chi connectivity index (χ2n) is 18.3. The van der Waals surface area contributed by atoms with E-state index in [0.717, 1.165) is 77.5 Å². The maximum absolute atomic E-state index is 9.69. The lowest BCUT2D eigenvalue weighted by Crippen LogP contribution is -2.16. The fourth-order valence-electron chi connectivity index (χ4n) is 10.7. The van der Waals surface area contributed by atoms with Crippen LogP contribution in [-0.4, -0.2) is 4.57 Å². The predicted octanol–water partition coefficient (Wildman–Crippen LogP) is 18.0. The highest BCUT2D eigenvalue weighted by molar-refractivity contribution is 6.11. The van der Waals surface area contributed by atoms with Gasteiger partial charge in [-0.2, -0.15) is 0 Å². The maximum Gasteiger partial charge on any atom is 0.0645 e. The van der Waals surface area contributed by atoms with Crippen LogP contribution in [0.4, 0.5) is 34.1 Å². The van der Waals surface area contributed by atoms with Gasteiger partial charge in [0.1, 0.15) is 0 Å². The Bertz CT molecular complexity index is 4110. The molecular weight excluding hydrogens is 823 g/mol. The van der Waals surface area contributed by atoms with Crippen molar-refractivity contribution in [3.63, 3.8) is 0 Å². The van der Waals surface area contributed by atoms with Crippen LogP contribution >= 0.6 is 0 Å². The van der Waals surface area contributed by atoms with Crippen molar-refractivity contribution in [2.75, 3.05) is 9.80 Å². The molecule has 12 aromatic rings. The van der Waals surface area contributed by atoms with Crippen LogP contribution in [0.3, 0.4) is 0 Å². The summed E-state index contributed by atoms with van der Waals surface area (Å²) in [5, 5.41) is 6.31. The molecule has 0 saturated heterocycles. The molecule has 11 aromatic carbocycles. The number of hydrogen-bond donors (Lipinski definition) is 0. The number of aromatic nitrogens is 1. The Balaban J connectivity index is 0.919. The first kappa shape index (κ1) is 35.6. The summed E-state index contributed by atoms with van der Waals surface area (Å²) in [5.74, 6) is 0. The van der Waals surface area contributed by atoms with Gasteiger partial charge in [0, 0.05) is 55.7 Å². The van der Waals surface area contributed by atoms with Gasteiger partial charge in [0.25, 0.3) is 0 Å². The fourth-order valence-corrected chi connectivity index (χ4v) is 10.7. The smallest absolute Gasteiger partial charge is 0.0645 e. The maximum atomic E-state index is 9.69. The molecule has 0 atom stereocenters. The molecule has 0 N–H and O–H groups in total. The molecule has 0 bridgehead atoms. The fraction of sp³-hybridized carbons (Fsp3) is 0.0462. The summed E-state index contributed by atoms with van der Waals surface area (Å²) in [5.41, 5.74) is 13.8. The van der Waals surface area contributed by atoms with Crippen molar-refractivity contribution in [2.24, 2.45) is 0 Å². The van der Waals surface area contributed by atoms with Crippen LogP contribution in [0, 0.1) is 0 Å². The molecule has 1 aromatic heterocycles. The Hall–Kier alpha value is -8.66. The second-order valence-corrected chi connectivity index (χ2v) is 18.3. The van der Waals surface area contributed by atoms with Crippen molar-refractivity contribution in [3.05, 3.63) is 260 Å². The number of fused-ring (bicyclic) bond motifs is 8. The average Bonchev–Trinajstić information content (AvgIpc) is 3.87. The Morgan fingerprint density at radius 1 is 0.368 bits per heavy atom. The van der Waals surface area contributed by atoms with Crippen molar-refractivity contribution in [1.82, 2.24) is 4.57 Å². The van der Waals surface area contributed by atoms with Gasteiger partial charge < -0.3 is 14.4 Å². The van der Waals surface area contributed by atoms with E-state index in [1.807, 2.05) is 89.8 Å². The van der Waals surface area contributed by atoms with Gasteiger partial charge in [-0.3, -0.25) is 0 Å². The highest BCUT2D eigenvalue weighted by Gasteiger charge is 2.36. The molecule has 0 spiro atoms. The third-order valence-corrected chi connectivity index (χ3v) is 14.0. The number of anilines is 6. The first-order valence-corrected chi connectivity index (χ1v) is 23.3. The van der Waals surface area contributed by atoms with E-state index in [0.29, 0.717) is 5.56 Å². The molecule has 0 aliphatic heterocycles. The molecule has 13 rings (SSSR count). The first-order valence-electron chi connectivity index (χ1n) is 25.3. The SMILES string of the molecule is [2H]c1c([2H])c(N(c2ccccc2)c2ccc3c(c2)c2ccccc2n3-c2ccccc2)c([2H])c([2H])c1-c1ccc2cc(N(c3ccc4c(c3)C(C)(C)c3ccccc3-4)c3cccc4ccccc34)ccc2c1. The molecule has 1 aliphatic rings. The topological polar surface area (TPSA) is 11.4 Å². The van der Waals surface area contributed by atoms with Crippen LogP contribution in [0.2, 0.25) is 0 Å². The van der Waals surface area contributed by atoms with Gasteiger partial charge in [0.05, 0.1) is 22.2 Å². The van der Waals surface area contributed by atoms with Gasteiger partial charge in [-0.25, -0.2) is 0 Å². The van der Waals surface area contributed by atoms with Gasteiger partial charge in [-0.05, 0) is 147 Å². The third-order valence-electron chi connectivity index (χ3n) is 14.0. The summed E-state index contributed by atoms with van der Waals surface area (Å²) >= 11 is 0. The molecule has 1 heterocycles. The molecule has 3 heteroatoms. The Kier molecular flexibility index (Phi) is 8.24. The third kappa shape index (κ3) is 6.42. The number of para-hydroxylation sites is 3. The highest BCUT2D eigenvalue weighted by Crippen LogP contribution is 2.51. The summed E-state index contributed by atoms with van der Waals surface area (Å²) in [6.07, 6.45) is 0. The van der Waals surface area contributed by atoms with E-state index in [9.17, 15) is 5.48 Å². The molecule has 0 saturated carbocycles. The van der Waals surface area contributed by atoms with E-state index < -0.39 is 0 Å². The zero-order valence-corrected chi connectivity index (χ0v) is 37.7. The normalized spacial score (nSPS) is 13.5. The number of nitrogens with zero attached hydrogens (tertiary/aromatic N) is 3. The minimum atomic E-state index is -0.171. The Morgan fingerprint density at radius 2 is 0.985 bits per heavy atom. The van der Waals surface area contributed by atoms with E-state index in [-0.39, 0.29) is 40.8 Å². The second kappa shape index (κ2) is 15.8. The van der Waals surface area contributed by atoms with Crippen molar-refractivity contribution >= 4 is 77.5 Å². The summed E-state index contributed by atoms with van der Waals surface area (Å²) in [4.78, 5) is 4.22. The summed E-state index contributed by atoms with van der Waals surface area (Å²) in [6.45, 7) is 4.63. The van der Waals surface area contributed by atoms with Gasteiger partial charge in [0.15, 0.2) is 0 Å². The molecule has 3 nitrogen and oxygen atoms in total. The lowest BCUT2D eigenvalue weighted by molar-refractivity contribution is 0.660. The highest BCUT2D eigenvalue weighted by atomic mass is 15.1. The molecule has 0 amide bonds. The summed E-state index contributed by atoms with van der Waals surface area (Å²) < 4.78 is 40.9. The number of hydrogen-bond acceptors (Lipinski definition) is 2. The van der Waals surface area contributed by atoms with Crippen LogP contribution < -0.4 is 9.80 Å². The molecular formula is C65H47N3. The van der Waals surface area contributed by atoms with E-state index in [2.05, 4.69) is 163 Å². The van der Waals surface area contributed by atoms with Crippen LogP contribution in [0.1, 0.15) is 30.5 Å². The monoisotopic (exact) mass is 873 g/mol. The molecule has 322 valence electrons. The largest absolute Gasteiger partial charge is 0.310 e. The van der Waals surface area contributed by atoms with Crippen LogP contribution in [0.25, 0.3) is 71.3 Å². The average molecular weight is 874 g/mol. The van der Waals surface area contributed by atoms with Gasteiger partial charge in [-0.1, -0.05) is 165 Å². The Labute approximate surface area is 402 Å². The minimum absolute atomic E-state index is 0.103. The zero-order valence-electron chi connectivity index (χ0n) is 41.7. The lowest BCUT2D eigenvalue weighted by atomic mass is 9.82.